The molecule has 0 aliphatic rings. The van der Waals surface area contributed by atoms with Gasteiger partial charge in [0.1, 0.15) is 0 Å². The molecule has 1 unspecified atom stereocenters. The highest BCUT2D eigenvalue weighted by Crippen LogP contribution is 2.15. The van der Waals surface area contributed by atoms with E-state index in [9.17, 15) is 8.78 Å². The van der Waals surface area contributed by atoms with Crippen molar-refractivity contribution in [1.82, 2.24) is 5.32 Å². The number of halogens is 2. The van der Waals surface area contributed by atoms with E-state index in [-0.39, 0.29) is 6.04 Å². The van der Waals surface area contributed by atoms with Crippen molar-refractivity contribution in [2.75, 3.05) is 6.54 Å². The van der Waals surface area contributed by atoms with E-state index in [0.717, 1.165) is 24.6 Å². The van der Waals surface area contributed by atoms with E-state index >= 15 is 0 Å². The average Bonchev–Trinajstić information content (AvgIpc) is 2.22. The zero-order valence-corrected chi connectivity index (χ0v) is 8.76. The second-order valence-electron chi connectivity index (χ2n) is 3.43. The standard InChI is InChI=1S/C12H15F2N/c1-3-4-7-15-9(2)10-5-6-11(13)12(14)8-10/h3,5-6,8-9,15H,1,4,7H2,2H3. The van der Waals surface area contributed by atoms with Crippen molar-refractivity contribution in [2.45, 2.75) is 19.4 Å². The van der Waals surface area contributed by atoms with Crippen LogP contribution in [-0.2, 0) is 0 Å². The summed E-state index contributed by atoms with van der Waals surface area (Å²) in [7, 11) is 0. The van der Waals surface area contributed by atoms with Crippen LogP contribution >= 0.6 is 0 Å². The Balaban J connectivity index is 2.61. The number of rotatable bonds is 5. The summed E-state index contributed by atoms with van der Waals surface area (Å²) in [6.07, 6.45) is 2.67. The molecule has 1 rings (SSSR count). The van der Waals surface area contributed by atoms with E-state index in [1.54, 1.807) is 6.07 Å². The minimum atomic E-state index is -0.808. The third-order valence-electron chi connectivity index (χ3n) is 2.24. The van der Waals surface area contributed by atoms with Crippen LogP contribution in [0.15, 0.2) is 30.9 Å². The Kier molecular flexibility index (Phi) is 4.43. The van der Waals surface area contributed by atoms with Crippen LogP contribution in [0.4, 0.5) is 8.78 Å². The Morgan fingerprint density at radius 3 is 2.73 bits per heavy atom. The number of hydrogen-bond donors (Lipinski definition) is 1. The molecule has 0 spiro atoms. The first-order chi connectivity index (χ1) is 7.15. The van der Waals surface area contributed by atoms with Crippen molar-refractivity contribution < 1.29 is 8.78 Å². The monoisotopic (exact) mass is 211 g/mol. The molecule has 15 heavy (non-hydrogen) atoms. The van der Waals surface area contributed by atoms with Gasteiger partial charge < -0.3 is 5.32 Å². The van der Waals surface area contributed by atoms with Crippen molar-refractivity contribution in [1.29, 1.82) is 0 Å². The molecule has 1 N–H and O–H groups in total. The maximum atomic E-state index is 12.9. The van der Waals surface area contributed by atoms with Gasteiger partial charge in [-0.1, -0.05) is 12.1 Å². The van der Waals surface area contributed by atoms with E-state index < -0.39 is 11.6 Å². The third kappa shape index (κ3) is 3.44. The topological polar surface area (TPSA) is 12.0 Å². The van der Waals surface area contributed by atoms with Crippen LogP contribution in [-0.4, -0.2) is 6.54 Å². The summed E-state index contributed by atoms with van der Waals surface area (Å²) < 4.78 is 25.6. The van der Waals surface area contributed by atoms with Gasteiger partial charge in [0.25, 0.3) is 0 Å². The minimum absolute atomic E-state index is 0.0139. The van der Waals surface area contributed by atoms with Crippen LogP contribution in [0.5, 0.6) is 0 Å². The molecule has 1 aromatic carbocycles. The highest BCUT2D eigenvalue weighted by atomic mass is 19.2. The number of hydrogen-bond acceptors (Lipinski definition) is 1. The lowest BCUT2D eigenvalue weighted by Crippen LogP contribution is -2.19. The van der Waals surface area contributed by atoms with Crippen molar-refractivity contribution in [2.24, 2.45) is 0 Å². The fourth-order valence-electron chi connectivity index (χ4n) is 1.30. The van der Waals surface area contributed by atoms with E-state index in [1.165, 1.54) is 6.07 Å². The molecule has 1 aromatic rings. The summed E-state index contributed by atoms with van der Waals surface area (Å²) in [4.78, 5) is 0. The molecule has 0 saturated carbocycles. The molecule has 0 aliphatic heterocycles. The summed E-state index contributed by atoms with van der Waals surface area (Å²) in [5.74, 6) is -1.61. The summed E-state index contributed by atoms with van der Waals surface area (Å²) in [6, 6.07) is 3.97. The summed E-state index contributed by atoms with van der Waals surface area (Å²) in [6.45, 7) is 6.30. The number of nitrogens with one attached hydrogen (secondary N) is 1. The minimum Gasteiger partial charge on any atom is -0.310 e. The molecule has 0 fully saturated rings. The Bertz CT molecular complexity index is 336. The summed E-state index contributed by atoms with van der Waals surface area (Å²) >= 11 is 0. The van der Waals surface area contributed by atoms with Crippen molar-refractivity contribution in [3.05, 3.63) is 48.1 Å². The molecule has 0 aromatic heterocycles. The van der Waals surface area contributed by atoms with Gasteiger partial charge >= 0.3 is 0 Å². The number of benzene rings is 1. The van der Waals surface area contributed by atoms with Crippen molar-refractivity contribution >= 4 is 0 Å². The van der Waals surface area contributed by atoms with Gasteiger partial charge in [-0.2, -0.15) is 0 Å². The molecule has 0 aliphatic carbocycles. The van der Waals surface area contributed by atoms with Gasteiger partial charge in [0.05, 0.1) is 0 Å². The lowest BCUT2D eigenvalue weighted by Gasteiger charge is -2.13. The van der Waals surface area contributed by atoms with Crippen LogP contribution in [0.1, 0.15) is 24.9 Å². The molecule has 0 amide bonds. The molecule has 0 bridgehead atoms. The van der Waals surface area contributed by atoms with E-state index in [4.69, 9.17) is 0 Å². The Labute approximate surface area is 88.8 Å². The van der Waals surface area contributed by atoms with Crippen molar-refractivity contribution in [3.8, 4) is 0 Å². The van der Waals surface area contributed by atoms with Crippen LogP contribution in [0.2, 0.25) is 0 Å². The Hall–Kier alpha value is -1.22. The zero-order valence-electron chi connectivity index (χ0n) is 8.76. The largest absolute Gasteiger partial charge is 0.310 e. The zero-order chi connectivity index (χ0) is 11.3. The highest BCUT2D eigenvalue weighted by molar-refractivity contribution is 5.20. The Morgan fingerprint density at radius 2 is 2.13 bits per heavy atom. The van der Waals surface area contributed by atoms with Gasteiger partial charge in [-0.15, -0.1) is 6.58 Å². The molecule has 1 nitrogen and oxygen atoms in total. The molecule has 1 atom stereocenters. The van der Waals surface area contributed by atoms with Crippen LogP contribution < -0.4 is 5.32 Å². The van der Waals surface area contributed by atoms with Gasteiger partial charge in [-0.05, 0) is 37.6 Å². The molecular formula is C12H15F2N. The van der Waals surface area contributed by atoms with E-state index in [2.05, 4.69) is 11.9 Å². The quantitative estimate of drug-likeness (QED) is 0.582. The molecule has 82 valence electrons. The first-order valence-corrected chi connectivity index (χ1v) is 4.94. The van der Waals surface area contributed by atoms with Gasteiger partial charge in [-0.25, -0.2) is 8.78 Å². The predicted octanol–water partition coefficient (Wildman–Crippen LogP) is 3.19. The SMILES string of the molecule is C=CCCNC(C)c1ccc(F)c(F)c1. The van der Waals surface area contributed by atoms with Gasteiger partial charge in [0.2, 0.25) is 0 Å². The maximum Gasteiger partial charge on any atom is 0.159 e. The van der Waals surface area contributed by atoms with E-state index in [0.29, 0.717) is 0 Å². The van der Waals surface area contributed by atoms with Crippen LogP contribution in [0.25, 0.3) is 0 Å². The smallest absolute Gasteiger partial charge is 0.159 e. The second-order valence-corrected chi connectivity index (χ2v) is 3.43. The lowest BCUT2D eigenvalue weighted by atomic mass is 10.1. The predicted molar refractivity (Wildman–Crippen MR) is 57.6 cm³/mol. The first kappa shape index (κ1) is 11.9. The second kappa shape index (κ2) is 5.61. The molecule has 0 saturated heterocycles. The van der Waals surface area contributed by atoms with Crippen molar-refractivity contribution in [3.63, 3.8) is 0 Å². The van der Waals surface area contributed by atoms with Crippen LogP contribution in [0.3, 0.4) is 0 Å². The average molecular weight is 211 g/mol. The maximum absolute atomic E-state index is 12.9. The first-order valence-electron chi connectivity index (χ1n) is 4.94. The molecule has 0 heterocycles. The highest BCUT2D eigenvalue weighted by Gasteiger charge is 2.07. The lowest BCUT2D eigenvalue weighted by molar-refractivity contribution is 0.501. The fourth-order valence-corrected chi connectivity index (χ4v) is 1.30. The fraction of sp³-hybridized carbons (Fsp3) is 0.333. The van der Waals surface area contributed by atoms with Crippen LogP contribution in [0, 0.1) is 11.6 Å². The molecule has 3 heteroatoms. The normalized spacial score (nSPS) is 12.5. The van der Waals surface area contributed by atoms with E-state index in [1.807, 2.05) is 13.0 Å². The molecule has 0 radical (unpaired) electrons. The van der Waals surface area contributed by atoms with Gasteiger partial charge in [0, 0.05) is 6.04 Å². The van der Waals surface area contributed by atoms with Gasteiger partial charge in [0.15, 0.2) is 11.6 Å². The van der Waals surface area contributed by atoms with Gasteiger partial charge in [-0.3, -0.25) is 0 Å². The molecular weight excluding hydrogens is 196 g/mol. The third-order valence-corrected chi connectivity index (χ3v) is 2.24. The summed E-state index contributed by atoms with van der Waals surface area (Å²) in [5.41, 5.74) is 0.748. The summed E-state index contributed by atoms with van der Waals surface area (Å²) in [5, 5.41) is 3.19. The Morgan fingerprint density at radius 1 is 1.40 bits per heavy atom.